The molecule has 1 fully saturated rings. The van der Waals surface area contributed by atoms with E-state index in [0.717, 1.165) is 0 Å². The molecule has 0 aliphatic carbocycles. The van der Waals surface area contributed by atoms with Crippen molar-refractivity contribution in [1.29, 1.82) is 0 Å². The van der Waals surface area contributed by atoms with E-state index in [1.165, 1.54) is 0 Å². The zero-order chi connectivity index (χ0) is 13.2. The molecule has 0 saturated carbocycles. The number of benzene rings is 1. The molecule has 4 nitrogen and oxygen atoms in total. The van der Waals surface area contributed by atoms with E-state index in [9.17, 15) is 13.2 Å². The lowest BCUT2D eigenvalue weighted by molar-refractivity contribution is 0.0931. The summed E-state index contributed by atoms with van der Waals surface area (Å²) >= 11 is 4.23. The summed E-state index contributed by atoms with van der Waals surface area (Å²) in [6.07, 6.45) is 0.978. The van der Waals surface area contributed by atoms with Crippen molar-refractivity contribution in [3.05, 3.63) is 29.8 Å². The first-order chi connectivity index (χ1) is 8.48. The maximum atomic E-state index is 12.0. The number of carbonyl (C=O) groups is 1. The van der Waals surface area contributed by atoms with Crippen molar-refractivity contribution in [2.24, 2.45) is 0 Å². The normalized spacial score (nSPS) is 19.4. The Bertz CT molecular complexity index is 540. The molecule has 6 heteroatoms. The maximum absolute atomic E-state index is 12.0. The Kier molecular flexibility index (Phi) is 3.97. The average molecular weight is 285 g/mol. The summed E-state index contributed by atoms with van der Waals surface area (Å²) in [7, 11) is -2.89. The monoisotopic (exact) mass is 285 g/mol. The minimum absolute atomic E-state index is 0.0611. The van der Waals surface area contributed by atoms with E-state index >= 15 is 0 Å². The van der Waals surface area contributed by atoms with Gasteiger partial charge in [0, 0.05) is 10.9 Å². The molecule has 1 heterocycles. The maximum Gasteiger partial charge on any atom is 0.252 e. The van der Waals surface area contributed by atoms with Gasteiger partial charge in [0.15, 0.2) is 0 Å². The highest BCUT2D eigenvalue weighted by Crippen LogP contribution is 2.16. The van der Waals surface area contributed by atoms with Crippen LogP contribution in [0.5, 0.6) is 0 Å². The van der Waals surface area contributed by atoms with Gasteiger partial charge in [-0.05, 0) is 25.0 Å². The molecule has 1 aromatic rings. The van der Waals surface area contributed by atoms with Crippen molar-refractivity contribution >= 4 is 28.4 Å². The Labute approximate surface area is 112 Å². The lowest BCUT2D eigenvalue weighted by atomic mass is 10.1. The van der Waals surface area contributed by atoms with Gasteiger partial charge >= 0.3 is 0 Å². The number of sulfone groups is 1. The van der Waals surface area contributed by atoms with Crippen LogP contribution in [0.3, 0.4) is 0 Å². The van der Waals surface area contributed by atoms with Crippen LogP contribution >= 0.6 is 12.6 Å². The van der Waals surface area contributed by atoms with Crippen LogP contribution < -0.4 is 5.32 Å². The molecule has 1 amide bonds. The fourth-order valence-electron chi connectivity index (χ4n) is 1.96. The Morgan fingerprint density at radius 1 is 1.22 bits per heavy atom. The van der Waals surface area contributed by atoms with E-state index in [2.05, 4.69) is 17.9 Å². The highest BCUT2D eigenvalue weighted by Gasteiger charge is 2.25. The van der Waals surface area contributed by atoms with Gasteiger partial charge in [-0.25, -0.2) is 8.42 Å². The van der Waals surface area contributed by atoms with Crippen molar-refractivity contribution in [2.75, 3.05) is 11.5 Å². The number of hydrogen-bond donors (Lipinski definition) is 2. The zero-order valence-electron chi connectivity index (χ0n) is 9.80. The Morgan fingerprint density at radius 2 is 1.83 bits per heavy atom. The number of amides is 1. The highest BCUT2D eigenvalue weighted by molar-refractivity contribution is 7.91. The number of thiol groups is 1. The van der Waals surface area contributed by atoms with Crippen molar-refractivity contribution in [3.63, 3.8) is 0 Å². The van der Waals surface area contributed by atoms with Gasteiger partial charge in [-0.15, -0.1) is 12.6 Å². The van der Waals surface area contributed by atoms with E-state index in [1.807, 2.05) is 6.07 Å². The highest BCUT2D eigenvalue weighted by atomic mass is 32.2. The molecule has 1 aliphatic heterocycles. The summed E-state index contributed by atoms with van der Waals surface area (Å²) in [5.41, 5.74) is 0.522. The van der Waals surface area contributed by atoms with Crippen LogP contribution in [-0.4, -0.2) is 31.9 Å². The molecule has 0 atom stereocenters. The summed E-state index contributed by atoms with van der Waals surface area (Å²) in [5, 5.41) is 2.86. The van der Waals surface area contributed by atoms with Crippen LogP contribution in [0.2, 0.25) is 0 Å². The second-order valence-electron chi connectivity index (χ2n) is 4.42. The molecule has 1 aliphatic rings. The summed E-state index contributed by atoms with van der Waals surface area (Å²) in [6.45, 7) is 0. The summed E-state index contributed by atoms with van der Waals surface area (Å²) in [4.78, 5) is 12.6. The molecule has 0 spiro atoms. The molecular weight excluding hydrogens is 270 g/mol. The van der Waals surface area contributed by atoms with Gasteiger partial charge in [0.05, 0.1) is 17.1 Å². The van der Waals surface area contributed by atoms with Crippen LogP contribution in [0, 0.1) is 0 Å². The molecule has 0 radical (unpaired) electrons. The van der Waals surface area contributed by atoms with Crippen molar-refractivity contribution in [1.82, 2.24) is 5.32 Å². The minimum atomic E-state index is -2.89. The fourth-order valence-corrected chi connectivity index (χ4v) is 3.72. The van der Waals surface area contributed by atoms with Crippen LogP contribution in [0.1, 0.15) is 23.2 Å². The molecule has 1 aromatic carbocycles. The van der Waals surface area contributed by atoms with E-state index in [-0.39, 0.29) is 23.5 Å². The van der Waals surface area contributed by atoms with Crippen LogP contribution in [0.4, 0.5) is 0 Å². The van der Waals surface area contributed by atoms with Gasteiger partial charge in [-0.1, -0.05) is 12.1 Å². The lowest BCUT2D eigenvalue weighted by Gasteiger charge is -2.23. The molecule has 2 rings (SSSR count). The molecule has 0 aromatic heterocycles. The Hall–Kier alpha value is -1.01. The second-order valence-corrected chi connectivity index (χ2v) is 7.20. The quantitative estimate of drug-likeness (QED) is 0.805. The van der Waals surface area contributed by atoms with Gasteiger partial charge in [0.25, 0.3) is 5.91 Å². The first kappa shape index (κ1) is 13.4. The third kappa shape index (κ3) is 3.26. The lowest BCUT2D eigenvalue weighted by Crippen LogP contribution is -2.40. The number of hydrogen-bond acceptors (Lipinski definition) is 4. The second kappa shape index (κ2) is 5.32. The summed E-state index contributed by atoms with van der Waals surface area (Å²) < 4.78 is 22.6. The SMILES string of the molecule is O=C(NC1CCS(=O)(=O)CC1)c1ccccc1S. The predicted molar refractivity (Wildman–Crippen MR) is 72.8 cm³/mol. The van der Waals surface area contributed by atoms with E-state index < -0.39 is 9.84 Å². The van der Waals surface area contributed by atoms with Crippen molar-refractivity contribution in [3.8, 4) is 0 Å². The molecule has 18 heavy (non-hydrogen) atoms. The number of nitrogens with one attached hydrogen (secondary N) is 1. The zero-order valence-corrected chi connectivity index (χ0v) is 11.5. The summed E-state index contributed by atoms with van der Waals surface area (Å²) in [6, 6.07) is 6.99. The third-order valence-electron chi connectivity index (χ3n) is 3.04. The standard InChI is InChI=1S/C12H15NO3S2/c14-12(10-3-1-2-4-11(10)17)13-9-5-7-18(15,16)8-6-9/h1-4,9,17H,5-8H2,(H,13,14). The van der Waals surface area contributed by atoms with Gasteiger partial charge in [-0.2, -0.15) is 0 Å². The smallest absolute Gasteiger partial charge is 0.252 e. The molecule has 0 unspecified atom stereocenters. The van der Waals surface area contributed by atoms with Gasteiger partial charge in [0.1, 0.15) is 9.84 Å². The summed E-state index contributed by atoms with van der Waals surface area (Å²) in [5.74, 6) is 0.117. The van der Waals surface area contributed by atoms with Crippen LogP contribution in [-0.2, 0) is 9.84 Å². The molecular formula is C12H15NO3S2. The Morgan fingerprint density at radius 3 is 2.44 bits per heavy atom. The Balaban J connectivity index is 1.99. The van der Waals surface area contributed by atoms with Gasteiger partial charge < -0.3 is 5.32 Å². The largest absolute Gasteiger partial charge is 0.349 e. The van der Waals surface area contributed by atoms with Crippen molar-refractivity contribution in [2.45, 2.75) is 23.8 Å². The average Bonchev–Trinajstić information content (AvgIpc) is 2.32. The molecule has 0 bridgehead atoms. The van der Waals surface area contributed by atoms with E-state index in [1.54, 1.807) is 18.2 Å². The van der Waals surface area contributed by atoms with Crippen LogP contribution in [0.25, 0.3) is 0 Å². The van der Waals surface area contributed by atoms with Gasteiger partial charge in [-0.3, -0.25) is 4.79 Å². The molecule has 98 valence electrons. The number of carbonyl (C=O) groups excluding carboxylic acids is 1. The first-order valence-corrected chi connectivity index (χ1v) is 8.04. The molecule has 1 saturated heterocycles. The number of rotatable bonds is 2. The third-order valence-corrected chi connectivity index (χ3v) is 5.14. The first-order valence-electron chi connectivity index (χ1n) is 5.77. The van der Waals surface area contributed by atoms with E-state index in [0.29, 0.717) is 23.3 Å². The topological polar surface area (TPSA) is 63.2 Å². The predicted octanol–water partition coefficient (Wildman–Crippen LogP) is 1.28. The van der Waals surface area contributed by atoms with Gasteiger partial charge in [0.2, 0.25) is 0 Å². The minimum Gasteiger partial charge on any atom is -0.349 e. The van der Waals surface area contributed by atoms with Crippen LogP contribution in [0.15, 0.2) is 29.2 Å². The fraction of sp³-hybridized carbons (Fsp3) is 0.417. The van der Waals surface area contributed by atoms with Crippen molar-refractivity contribution < 1.29 is 13.2 Å². The van der Waals surface area contributed by atoms with E-state index in [4.69, 9.17) is 0 Å². The molecule has 1 N–H and O–H groups in total.